The molecule has 0 bridgehead atoms. The van der Waals surface area contributed by atoms with Crippen molar-refractivity contribution in [1.29, 1.82) is 0 Å². The lowest BCUT2D eigenvalue weighted by molar-refractivity contribution is -0.137. The highest BCUT2D eigenvalue weighted by Gasteiger charge is 2.31. The summed E-state index contributed by atoms with van der Waals surface area (Å²) in [5.41, 5.74) is -0.746. The molecule has 0 spiro atoms. The van der Waals surface area contributed by atoms with Crippen molar-refractivity contribution in [3.8, 4) is 0 Å². The Morgan fingerprint density at radius 2 is 2.00 bits per heavy atom. The molecule has 0 heterocycles. The topological polar surface area (TPSA) is 49.3 Å². The van der Waals surface area contributed by atoms with Crippen molar-refractivity contribution in [2.24, 2.45) is 0 Å². The van der Waals surface area contributed by atoms with Gasteiger partial charge >= 0.3 is 12.3 Å². The van der Waals surface area contributed by atoms with E-state index in [1.54, 1.807) is 0 Å². The number of benzene rings is 1. The Kier molecular flexibility index (Phi) is 3.64. The van der Waals surface area contributed by atoms with Gasteiger partial charge in [-0.1, -0.05) is 11.6 Å². The second-order valence-corrected chi connectivity index (χ2v) is 3.44. The molecule has 1 amide bonds. The summed E-state index contributed by atoms with van der Waals surface area (Å²) in [6.45, 7) is -0.223. The molecular formula is C9H7ClF3NO2. The van der Waals surface area contributed by atoms with Gasteiger partial charge in [0.2, 0.25) is 0 Å². The van der Waals surface area contributed by atoms with Crippen LogP contribution in [-0.2, 0) is 12.7 Å². The maximum absolute atomic E-state index is 12.4. The van der Waals surface area contributed by atoms with Crippen LogP contribution in [0.4, 0.5) is 18.0 Å². The number of carboxylic acid groups (broad SMARTS) is 1. The SMILES string of the molecule is O=C(O)NCc1cc(Cl)cc(C(F)(F)F)c1. The van der Waals surface area contributed by atoms with Crippen LogP contribution in [0.1, 0.15) is 11.1 Å². The highest BCUT2D eigenvalue weighted by Crippen LogP contribution is 2.31. The van der Waals surface area contributed by atoms with E-state index in [9.17, 15) is 18.0 Å². The molecule has 88 valence electrons. The Morgan fingerprint density at radius 3 is 2.50 bits per heavy atom. The maximum Gasteiger partial charge on any atom is 0.416 e. The normalized spacial score (nSPS) is 11.2. The van der Waals surface area contributed by atoms with E-state index in [4.69, 9.17) is 16.7 Å². The van der Waals surface area contributed by atoms with Crippen molar-refractivity contribution in [3.63, 3.8) is 0 Å². The fraction of sp³-hybridized carbons (Fsp3) is 0.222. The molecule has 1 aromatic carbocycles. The van der Waals surface area contributed by atoms with E-state index >= 15 is 0 Å². The van der Waals surface area contributed by atoms with Gasteiger partial charge in [-0.15, -0.1) is 0 Å². The fourth-order valence-corrected chi connectivity index (χ4v) is 1.35. The maximum atomic E-state index is 12.4. The summed E-state index contributed by atoms with van der Waals surface area (Å²) in [6.07, 6.45) is -5.81. The van der Waals surface area contributed by atoms with Crippen molar-refractivity contribution in [2.75, 3.05) is 0 Å². The van der Waals surface area contributed by atoms with E-state index in [1.807, 2.05) is 5.32 Å². The lowest BCUT2D eigenvalue weighted by Crippen LogP contribution is -2.20. The molecule has 0 aliphatic carbocycles. The number of hydrogen-bond acceptors (Lipinski definition) is 1. The van der Waals surface area contributed by atoms with E-state index in [2.05, 4.69) is 0 Å². The van der Waals surface area contributed by atoms with Crippen LogP contribution in [0.5, 0.6) is 0 Å². The molecule has 1 aromatic rings. The largest absolute Gasteiger partial charge is 0.465 e. The molecule has 0 aliphatic heterocycles. The monoisotopic (exact) mass is 253 g/mol. The smallest absolute Gasteiger partial charge is 0.416 e. The first-order valence-corrected chi connectivity index (χ1v) is 4.50. The zero-order valence-corrected chi connectivity index (χ0v) is 8.56. The number of amides is 1. The Bertz CT molecular complexity index is 406. The molecule has 0 aromatic heterocycles. The highest BCUT2D eigenvalue weighted by atomic mass is 35.5. The van der Waals surface area contributed by atoms with Crippen LogP contribution >= 0.6 is 11.6 Å². The van der Waals surface area contributed by atoms with Crippen molar-refractivity contribution in [1.82, 2.24) is 5.32 Å². The van der Waals surface area contributed by atoms with Gasteiger partial charge in [0.1, 0.15) is 0 Å². The lowest BCUT2D eigenvalue weighted by atomic mass is 10.1. The zero-order valence-electron chi connectivity index (χ0n) is 7.81. The van der Waals surface area contributed by atoms with Crippen LogP contribution in [0, 0.1) is 0 Å². The average Bonchev–Trinajstić information content (AvgIpc) is 2.12. The van der Waals surface area contributed by atoms with E-state index in [0.29, 0.717) is 0 Å². The molecule has 0 radical (unpaired) electrons. The van der Waals surface area contributed by atoms with Crippen molar-refractivity contribution in [2.45, 2.75) is 12.7 Å². The van der Waals surface area contributed by atoms with Gasteiger partial charge in [-0.25, -0.2) is 4.79 Å². The summed E-state index contributed by atoms with van der Waals surface area (Å²) in [5.74, 6) is 0. The third kappa shape index (κ3) is 3.62. The zero-order chi connectivity index (χ0) is 12.3. The summed E-state index contributed by atoms with van der Waals surface area (Å²) < 4.78 is 37.1. The van der Waals surface area contributed by atoms with Crippen LogP contribution in [0.25, 0.3) is 0 Å². The second kappa shape index (κ2) is 4.61. The summed E-state index contributed by atoms with van der Waals surface area (Å²) in [6, 6.07) is 2.90. The van der Waals surface area contributed by atoms with E-state index in [-0.39, 0.29) is 17.1 Å². The lowest BCUT2D eigenvalue weighted by Gasteiger charge is -2.09. The summed E-state index contributed by atoms with van der Waals surface area (Å²) in [7, 11) is 0. The average molecular weight is 254 g/mol. The number of hydrogen-bond donors (Lipinski definition) is 2. The Labute approximate surface area is 93.8 Å². The van der Waals surface area contributed by atoms with Crippen molar-refractivity contribution < 1.29 is 23.1 Å². The molecule has 0 saturated heterocycles. The van der Waals surface area contributed by atoms with Crippen molar-refractivity contribution >= 4 is 17.7 Å². The predicted molar refractivity (Wildman–Crippen MR) is 51.3 cm³/mol. The summed E-state index contributed by atoms with van der Waals surface area (Å²) in [4.78, 5) is 10.2. The van der Waals surface area contributed by atoms with Crippen LogP contribution in [0.2, 0.25) is 5.02 Å². The Morgan fingerprint density at radius 1 is 1.38 bits per heavy atom. The quantitative estimate of drug-likeness (QED) is 0.851. The first-order chi connectivity index (χ1) is 7.29. The number of halogens is 4. The first-order valence-electron chi connectivity index (χ1n) is 4.12. The number of rotatable bonds is 2. The molecule has 0 unspecified atom stereocenters. The molecule has 2 N–H and O–H groups in total. The number of carbonyl (C=O) groups is 1. The van der Waals surface area contributed by atoms with E-state index in [0.717, 1.165) is 12.1 Å². The minimum absolute atomic E-state index is 0.0861. The Balaban J connectivity index is 2.94. The predicted octanol–water partition coefficient (Wildman–Crippen LogP) is 3.13. The van der Waals surface area contributed by atoms with Crippen LogP contribution < -0.4 is 5.32 Å². The van der Waals surface area contributed by atoms with Gasteiger partial charge in [0.25, 0.3) is 0 Å². The Hall–Kier alpha value is -1.43. The highest BCUT2D eigenvalue weighted by molar-refractivity contribution is 6.30. The molecular weight excluding hydrogens is 247 g/mol. The van der Waals surface area contributed by atoms with Gasteiger partial charge < -0.3 is 10.4 Å². The molecule has 0 saturated carbocycles. The van der Waals surface area contributed by atoms with Gasteiger partial charge in [-0.3, -0.25) is 0 Å². The van der Waals surface area contributed by atoms with Crippen LogP contribution in [0.15, 0.2) is 18.2 Å². The third-order valence-corrected chi connectivity index (χ3v) is 1.95. The van der Waals surface area contributed by atoms with E-state index < -0.39 is 17.8 Å². The standard InChI is InChI=1S/C9H7ClF3NO2/c10-7-2-5(4-14-8(15)16)1-6(3-7)9(11,12)13/h1-3,14H,4H2,(H,15,16). The number of nitrogens with one attached hydrogen (secondary N) is 1. The van der Waals surface area contributed by atoms with Crippen molar-refractivity contribution in [3.05, 3.63) is 34.3 Å². The van der Waals surface area contributed by atoms with Gasteiger partial charge in [0, 0.05) is 11.6 Å². The minimum atomic E-state index is -4.50. The molecule has 16 heavy (non-hydrogen) atoms. The van der Waals surface area contributed by atoms with E-state index in [1.165, 1.54) is 6.07 Å². The second-order valence-electron chi connectivity index (χ2n) is 3.00. The molecule has 3 nitrogen and oxygen atoms in total. The fourth-order valence-electron chi connectivity index (χ4n) is 1.09. The van der Waals surface area contributed by atoms with Crippen LogP contribution in [0.3, 0.4) is 0 Å². The molecule has 1 rings (SSSR count). The van der Waals surface area contributed by atoms with Crippen LogP contribution in [-0.4, -0.2) is 11.2 Å². The summed E-state index contributed by atoms with van der Waals surface area (Å²) in [5, 5.41) is 10.2. The number of alkyl halides is 3. The summed E-state index contributed by atoms with van der Waals surface area (Å²) >= 11 is 5.50. The van der Waals surface area contributed by atoms with Gasteiger partial charge in [-0.05, 0) is 23.8 Å². The minimum Gasteiger partial charge on any atom is -0.465 e. The van der Waals surface area contributed by atoms with Gasteiger partial charge in [0.05, 0.1) is 5.56 Å². The molecule has 7 heteroatoms. The third-order valence-electron chi connectivity index (χ3n) is 1.73. The molecule has 0 aliphatic rings. The van der Waals surface area contributed by atoms with Gasteiger partial charge in [0.15, 0.2) is 0 Å². The molecule has 0 fully saturated rings. The first kappa shape index (κ1) is 12.6. The molecule has 0 atom stereocenters. The van der Waals surface area contributed by atoms with Gasteiger partial charge in [-0.2, -0.15) is 13.2 Å².